The maximum atomic E-state index is 12.4. The molecule has 0 spiro atoms. The van der Waals surface area contributed by atoms with Crippen molar-refractivity contribution in [2.45, 2.75) is 84.0 Å². The van der Waals surface area contributed by atoms with Crippen LogP contribution in [0.15, 0.2) is 23.8 Å². The van der Waals surface area contributed by atoms with E-state index in [9.17, 15) is 19.8 Å². The number of carbonyl (C=O) groups is 2. The number of fused-ring (bicyclic) bond motifs is 1. The third-order valence-corrected chi connectivity index (χ3v) is 6.45. The smallest absolute Gasteiger partial charge is 0.308 e. The Hall–Kier alpha value is -1.66. The van der Waals surface area contributed by atoms with Crippen LogP contribution in [-0.4, -0.2) is 45.6 Å². The highest BCUT2D eigenvalue weighted by molar-refractivity contribution is 5.72. The van der Waals surface area contributed by atoms with Gasteiger partial charge in [-0.25, -0.2) is 0 Å². The number of aliphatic carboxylic acids is 1. The van der Waals surface area contributed by atoms with Crippen LogP contribution in [0.25, 0.3) is 0 Å². The summed E-state index contributed by atoms with van der Waals surface area (Å²) in [5.74, 6) is -0.559. The van der Waals surface area contributed by atoms with Crippen molar-refractivity contribution in [3.63, 3.8) is 0 Å². The Labute approximate surface area is 173 Å². The molecular weight excluding hydrogens is 372 g/mol. The average Bonchev–Trinajstić information content (AvgIpc) is 2.66. The zero-order valence-corrected chi connectivity index (χ0v) is 17.8. The van der Waals surface area contributed by atoms with Crippen LogP contribution in [-0.2, 0) is 14.3 Å². The van der Waals surface area contributed by atoms with Gasteiger partial charge in [-0.15, -0.1) is 0 Å². The van der Waals surface area contributed by atoms with Crippen molar-refractivity contribution in [2.24, 2.45) is 23.7 Å². The van der Waals surface area contributed by atoms with Gasteiger partial charge in [0.15, 0.2) is 0 Å². The van der Waals surface area contributed by atoms with E-state index in [1.807, 2.05) is 13.8 Å². The minimum atomic E-state index is -1.07. The lowest BCUT2D eigenvalue weighted by molar-refractivity contribution is -0.157. The third kappa shape index (κ3) is 6.68. The molecule has 0 saturated carbocycles. The Morgan fingerprint density at radius 3 is 2.62 bits per heavy atom. The molecule has 2 aliphatic rings. The molecule has 164 valence electrons. The van der Waals surface area contributed by atoms with Gasteiger partial charge in [0.05, 0.1) is 24.5 Å². The Bertz CT molecular complexity index is 625. The van der Waals surface area contributed by atoms with Crippen LogP contribution < -0.4 is 0 Å². The summed E-state index contributed by atoms with van der Waals surface area (Å²) in [6, 6.07) is 0. The van der Waals surface area contributed by atoms with Crippen molar-refractivity contribution in [3.8, 4) is 0 Å². The highest BCUT2D eigenvalue weighted by Crippen LogP contribution is 2.44. The molecule has 0 aromatic carbocycles. The molecule has 0 aliphatic heterocycles. The van der Waals surface area contributed by atoms with Crippen LogP contribution in [0.4, 0.5) is 0 Å². The zero-order valence-electron chi connectivity index (χ0n) is 17.8. The Morgan fingerprint density at radius 2 is 1.97 bits per heavy atom. The molecule has 0 aromatic heterocycles. The predicted molar refractivity (Wildman–Crippen MR) is 110 cm³/mol. The van der Waals surface area contributed by atoms with Crippen molar-refractivity contribution in [3.05, 3.63) is 23.8 Å². The average molecular weight is 409 g/mol. The molecule has 6 nitrogen and oxygen atoms in total. The lowest BCUT2D eigenvalue weighted by Gasteiger charge is -2.42. The number of hydrogen-bond acceptors (Lipinski definition) is 5. The summed E-state index contributed by atoms with van der Waals surface area (Å²) in [7, 11) is 0. The lowest BCUT2D eigenvalue weighted by atomic mass is 9.66. The van der Waals surface area contributed by atoms with E-state index in [1.165, 1.54) is 5.57 Å². The first-order valence-corrected chi connectivity index (χ1v) is 10.9. The molecule has 7 atom stereocenters. The quantitative estimate of drug-likeness (QED) is 0.478. The summed E-state index contributed by atoms with van der Waals surface area (Å²) in [5.41, 5.74) is 1.21. The van der Waals surface area contributed by atoms with Gasteiger partial charge in [0.2, 0.25) is 0 Å². The van der Waals surface area contributed by atoms with Crippen molar-refractivity contribution in [1.82, 2.24) is 0 Å². The molecule has 3 N–H and O–H groups in total. The summed E-state index contributed by atoms with van der Waals surface area (Å²) in [5, 5.41) is 28.8. The van der Waals surface area contributed by atoms with E-state index in [-0.39, 0.29) is 42.7 Å². The minimum Gasteiger partial charge on any atom is -0.481 e. The van der Waals surface area contributed by atoms with E-state index in [0.717, 1.165) is 19.3 Å². The van der Waals surface area contributed by atoms with E-state index >= 15 is 0 Å². The largest absolute Gasteiger partial charge is 0.481 e. The highest BCUT2D eigenvalue weighted by Gasteiger charge is 2.40. The summed E-state index contributed by atoms with van der Waals surface area (Å²) in [6.45, 7) is 6.05. The standard InChI is InChI=1S/C23H36O6/c1-4-14(2)23(28)29-20-7-5-6-16-9-8-15(3)19(22(16)20)11-10-17(24)12-18(25)13-21(26)27/h5-6,9,14-15,17-20,22,24-25H,4,7-8,10-13H2,1-3H3,(H,26,27)/t14-,15-,17+,18+,19-,20-,22-/m0/s1. The number of rotatable bonds is 10. The molecule has 0 bridgehead atoms. The summed E-state index contributed by atoms with van der Waals surface area (Å²) >= 11 is 0. The zero-order chi connectivity index (χ0) is 21.6. The number of carboxylic acids is 1. The molecule has 0 unspecified atom stereocenters. The third-order valence-electron chi connectivity index (χ3n) is 6.45. The fraction of sp³-hybridized carbons (Fsp3) is 0.739. The Morgan fingerprint density at radius 1 is 1.24 bits per heavy atom. The molecule has 0 heterocycles. The van der Waals surface area contributed by atoms with Crippen molar-refractivity contribution >= 4 is 11.9 Å². The van der Waals surface area contributed by atoms with Gasteiger partial charge in [0, 0.05) is 12.3 Å². The van der Waals surface area contributed by atoms with Gasteiger partial charge in [0.25, 0.3) is 0 Å². The van der Waals surface area contributed by atoms with E-state index in [2.05, 4.69) is 25.2 Å². The molecule has 0 aromatic rings. The summed E-state index contributed by atoms with van der Waals surface area (Å²) in [6.07, 6.45) is 7.81. The van der Waals surface area contributed by atoms with Crippen molar-refractivity contribution < 1.29 is 29.6 Å². The number of hydrogen-bond donors (Lipinski definition) is 3. The van der Waals surface area contributed by atoms with Gasteiger partial charge in [-0.05, 0) is 49.5 Å². The molecule has 29 heavy (non-hydrogen) atoms. The summed E-state index contributed by atoms with van der Waals surface area (Å²) < 4.78 is 5.91. The highest BCUT2D eigenvalue weighted by atomic mass is 16.5. The number of aliphatic hydroxyl groups excluding tert-OH is 2. The molecule has 0 radical (unpaired) electrons. The number of ether oxygens (including phenoxy) is 1. The number of carboxylic acid groups (broad SMARTS) is 1. The van der Waals surface area contributed by atoms with Crippen molar-refractivity contribution in [1.29, 1.82) is 0 Å². The van der Waals surface area contributed by atoms with E-state index in [4.69, 9.17) is 9.84 Å². The maximum absolute atomic E-state index is 12.4. The first-order chi connectivity index (χ1) is 13.7. The topological polar surface area (TPSA) is 104 Å². The molecule has 0 amide bonds. The molecular formula is C23H36O6. The maximum Gasteiger partial charge on any atom is 0.308 e. The van der Waals surface area contributed by atoms with Crippen LogP contribution in [0, 0.1) is 23.7 Å². The van der Waals surface area contributed by atoms with Crippen LogP contribution in [0.3, 0.4) is 0 Å². The van der Waals surface area contributed by atoms with Gasteiger partial charge in [-0.1, -0.05) is 39.0 Å². The minimum absolute atomic E-state index is 0.0626. The SMILES string of the molecule is CC[C@H](C)C(=O)O[C@H]1CC=CC2=CC[C@H](C)[C@H](CC[C@@H](O)C[C@@H](O)CC(=O)O)[C@H]21. The lowest BCUT2D eigenvalue weighted by Crippen LogP contribution is -2.40. The van der Waals surface area contributed by atoms with Crippen LogP contribution >= 0.6 is 0 Å². The summed E-state index contributed by atoms with van der Waals surface area (Å²) in [4.78, 5) is 23.1. The first-order valence-electron chi connectivity index (χ1n) is 10.9. The Balaban J connectivity index is 2.03. The fourth-order valence-electron chi connectivity index (χ4n) is 4.51. The van der Waals surface area contributed by atoms with E-state index in [0.29, 0.717) is 18.8 Å². The number of aliphatic hydroxyl groups is 2. The molecule has 2 rings (SSSR count). The second-order valence-corrected chi connectivity index (χ2v) is 8.75. The van der Waals surface area contributed by atoms with Gasteiger partial charge >= 0.3 is 11.9 Å². The molecule has 2 aliphatic carbocycles. The second-order valence-electron chi connectivity index (χ2n) is 8.75. The first kappa shape index (κ1) is 23.6. The number of allylic oxidation sites excluding steroid dienone is 2. The van der Waals surface area contributed by atoms with E-state index in [1.54, 1.807) is 0 Å². The van der Waals surface area contributed by atoms with Crippen LogP contribution in [0.2, 0.25) is 0 Å². The number of carbonyl (C=O) groups excluding carboxylic acids is 1. The number of esters is 1. The molecule has 0 saturated heterocycles. The monoisotopic (exact) mass is 408 g/mol. The van der Waals surface area contributed by atoms with Gasteiger partial charge in [-0.3, -0.25) is 9.59 Å². The molecule has 6 heteroatoms. The fourth-order valence-corrected chi connectivity index (χ4v) is 4.51. The molecule has 0 fully saturated rings. The van der Waals surface area contributed by atoms with Gasteiger partial charge < -0.3 is 20.1 Å². The van der Waals surface area contributed by atoms with Gasteiger partial charge in [0.1, 0.15) is 6.10 Å². The Kier molecular flexibility index (Phi) is 8.90. The normalized spacial score (nSPS) is 29.3. The van der Waals surface area contributed by atoms with Crippen LogP contribution in [0.1, 0.15) is 65.7 Å². The van der Waals surface area contributed by atoms with Crippen molar-refractivity contribution in [2.75, 3.05) is 0 Å². The van der Waals surface area contributed by atoms with Crippen LogP contribution in [0.5, 0.6) is 0 Å². The predicted octanol–water partition coefficient (Wildman–Crippen LogP) is 3.47. The van der Waals surface area contributed by atoms with Gasteiger partial charge in [-0.2, -0.15) is 0 Å². The van der Waals surface area contributed by atoms with E-state index < -0.39 is 18.2 Å². The second kappa shape index (κ2) is 10.9.